The van der Waals surface area contributed by atoms with Gasteiger partial charge in [0.1, 0.15) is 12.6 Å². The molecule has 0 fully saturated rings. The molecule has 2 amide bonds. The van der Waals surface area contributed by atoms with Crippen LogP contribution in [0.3, 0.4) is 0 Å². The van der Waals surface area contributed by atoms with Crippen LogP contribution in [0.5, 0.6) is 0 Å². The Balaban J connectivity index is 2.10. The van der Waals surface area contributed by atoms with E-state index in [0.29, 0.717) is 6.42 Å². The Bertz CT molecular complexity index is 1440. The van der Waals surface area contributed by atoms with E-state index in [2.05, 4.69) is 5.32 Å². The fraction of sp³-hybridized carbons (Fsp3) is 0.333. The van der Waals surface area contributed by atoms with E-state index in [9.17, 15) is 18.0 Å². The van der Waals surface area contributed by atoms with Crippen molar-refractivity contribution in [3.63, 3.8) is 0 Å². The molecule has 0 bridgehead atoms. The number of carbonyl (C=O) groups is 2. The van der Waals surface area contributed by atoms with E-state index in [1.807, 2.05) is 58.9 Å². The van der Waals surface area contributed by atoms with Gasteiger partial charge in [-0.3, -0.25) is 13.9 Å². The van der Waals surface area contributed by atoms with Crippen molar-refractivity contribution in [2.45, 2.75) is 64.1 Å². The van der Waals surface area contributed by atoms with E-state index in [4.69, 9.17) is 23.2 Å². The molecule has 1 atom stereocenters. The number of aryl methyl sites for hydroxylation is 1. The van der Waals surface area contributed by atoms with Gasteiger partial charge in [-0.25, -0.2) is 8.42 Å². The van der Waals surface area contributed by atoms with Gasteiger partial charge in [-0.1, -0.05) is 78.2 Å². The van der Waals surface area contributed by atoms with Gasteiger partial charge in [0.15, 0.2) is 0 Å². The summed E-state index contributed by atoms with van der Waals surface area (Å²) in [6.07, 6.45) is 0.322. The number of rotatable bonds is 10. The van der Waals surface area contributed by atoms with Crippen LogP contribution in [0, 0.1) is 6.92 Å². The molecule has 0 aliphatic heterocycles. The third-order valence-corrected chi connectivity index (χ3v) is 8.47. The van der Waals surface area contributed by atoms with Crippen LogP contribution in [0.15, 0.2) is 77.7 Å². The number of anilines is 1. The highest BCUT2D eigenvalue weighted by Gasteiger charge is 2.35. The molecule has 40 heavy (non-hydrogen) atoms. The molecule has 1 N–H and O–H groups in total. The van der Waals surface area contributed by atoms with Crippen molar-refractivity contribution in [3.05, 3.63) is 94.0 Å². The first-order valence-electron chi connectivity index (χ1n) is 12.9. The summed E-state index contributed by atoms with van der Waals surface area (Å²) in [6.45, 7) is 8.87. The molecule has 3 rings (SSSR count). The van der Waals surface area contributed by atoms with E-state index in [1.54, 1.807) is 18.2 Å². The van der Waals surface area contributed by atoms with Crippen LogP contribution < -0.4 is 9.62 Å². The van der Waals surface area contributed by atoms with Crippen molar-refractivity contribution in [2.24, 2.45) is 0 Å². The second-order valence-electron chi connectivity index (χ2n) is 10.6. The lowest BCUT2D eigenvalue weighted by Gasteiger charge is -2.35. The predicted octanol–water partition coefficient (Wildman–Crippen LogP) is 6.22. The summed E-state index contributed by atoms with van der Waals surface area (Å²) in [4.78, 5) is 28.9. The van der Waals surface area contributed by atoms with Gasteiger partial charge in [0.25, 0.3) is 10.0 Å². The Kier molecular flexibility index (Phi) is 10.3. The average Bonchev–Trinajstić information content (AvgIpc) is 2.89. The molecule has 0 aliphatic rings. The molecule has 0 spiro atoms. The van der Waals surface area contributed by atoms with Gasteiger partial charge in [0, 0.05) is 17.1 Å². The SMILES string of the molecule is CC[C@@H](C(=O)NC(C)(C)C)N(Cc1ccc(C)cc1)C(=O)CN(c1cc(Cl)ccc1Cl)S(=O)(=O)c1ccccc1. The van der Waals surface area contributed by atoms with E-state index in [0.717, 1.165) is 15.4 Å². The maximum Gasteiger partial charge on any atom is 0.264 e. The molecule has 10 heteroatoms. The first kappa shape index (κ1) is 31.5. The molecular formula is C30H35Cl2N3O4S. The van der Waals surface area contributed by atoms with Gasteiger partial charge in [0.2, 0.25) is 11.8 Å². The number of sulfonamides is 1. The van der Waals surface area contributed by atoms with Gasteiger partial charge >= 0.3 is 0 Å². The molecule has 0 aliphatic carbocycles. The Labute approximate surface area is 247 Å². The third-order valence-electron chi connectivity index (χ3n) is 6.14. The number of carbonyl (C=O) groups excluding carboxylic acids is 2. The summed E-state index contributed by atoms with van der Waals surface area (Å²) in [7, 11) is -4.24. The number of amides is 2. The Morgan fingerprint density at radius 3 is 2.15 bits per heavy atom. The molecular weight excluding hydrogens is 569 g/mol. The average molecular weight is 605 g/mol. The van der Waals surface area contributed by atoms with Crippen molar-refractivity contribution < 1.29 is 18.0 Å². The summed E-state index contributed by atoms with van der Waals surface area (Å²) in [5, 5.41) is 3.32. The second-order valence-corrected chi connectivity index (χ2v) is 13.3. The summed E-state index contributed by atoms with van der Waals surface area (Å²) >= 11 is 12.7. The lowest BCUT2D eigenvalue weighted by atomic mass is 10.1. The Hall–Kier alpha value is -3.07. The van der Waals surface area contributed by atoms with Crippen LogP contribution in [-0.2, 0) is 26.2 Å². The van der Waals surface area contributed by atoms with Gasteiger partial charge in [-0.05, 0) is 70.0 Å². The minimum atomic E-state index is -4.24. The summed E-state index contributed by atoms with van der Waals surface area (Å²) < 4.78 is 28.7. The van der Waals surface area contributed by atoms with Crippen molar-refractivity contribution >= 4 is 50.7 Å². The Morgan fingerprint density at radius 1 is 0.950 bits per heavy atom. The van der Waals surface area contributed by atoms with E-state index in [1.165, 1.54) is 35.2 Å². The van der Waals surface area contributed by atoms with Crippen molar-refractivity contribution in [1.82, 2.24) is 10.2 Å². The van der Waals surface area contributed by atoms with E-state index < -0.39 is 34.1 Å². The summed E-state index contributed by atoms with van der Waals surface area (Å²) in [5.74, 6) is -0.888. The minimum Gasteiger partial charge on any atom is -0.350 e. The van der Waals surface area contributed by atoms with Crippen LogP contribution in [0.1, 0.15) is 45.2 Å². The first-order chi connectivity index (χ1) is 18.7. The van der Waals surface area contributed by atoms with Crippen molar-refractivity contribution in [1.29, 1.82) is 0 Å². The molecule has 0 heterocycles. The van der Waals surface area contributed by atoms with Crippen molar-refractivity contribution in [3.8, 4) is 0 Å². The molecule has 0 radical (unpaired) electrons. The van der Waals surface area contributed by atoms with Crippen LogP contribution in [-0.4, -0.2) is 43.3 Å². The zero-order valence-corrected chi connectivity index (χ0v) is 25.6. The van der Waals surface area contributed by atoms with Gasteiger partial charge in [0.05, 0.1) is 15.6 Å². The highest BCUT2D eigenvalue weighted by Crippen LogP contribution is 2.33. The van der Waals surface area contributed by atoms with Gasteiger partial charge < -0.3 is 10.2 Å². The van der Waals surface area contributed by atoms with Crippen LogP contribution >= 0.6 is 23.2 Å². The second kappa shape index (κ2) is 13.1. The van der Waals surface area contributed by atoms with Crippen LogP contribution in [0.4, 0.5) is 5.69 Å². The maximum atomic E-state index is 14.1. The fourth-order valence-electron chi connectivity index (χ4n) is 4.17. The largest absolute Gasteiger partial charge is 0.350 e. The molecule has 0 unspecified atom stereocenters. The third kappa shape index (κ3) is 7.99. The lowest BCUT2D eigenvalue weighted by Crippen LogP contribution is -2.55. The van der Waals surface area contributed by atoms with Crippen LogP contribution in [0.25, 0.3) is 0 Å². The summed E-state index contributed by atoms with van der Waals surface area (Å²) in [5.41, 5.74) is 1.39. The molecule has 214 valence electrons. The normalized spacial score (nSPS) is 12.5. The maximum absolute atomic E-state index is 14.1. The minimum absolute atomic E-state index is 0.0126. The van der Waals surface area contributed by atoms with Crippen LogP contribution in [0.2, 0.25) is 10.0 Å². The number of hydrogen-bond donors (Lipinski definition) is 1. The van der Waals surface area contributed by atoms with Gasteiger partial charge in [-0.15, -0.1) is 0 Å². The van der Waals surface area contributed by atoms with E-state index in [-0.39, 0.29) is 33.1 Å². The zero-order chi connectivity index (χ0) is 29.7. The fourth-order valence-corrected chi connectivity index (χ4v) is 6.05. The molecule has 0 saturated carbocycles. The number of halogens is 2. The molecule has 0 aromatic heterocycles. The number of nitrogens with one attached hydrogen (secondary N) is 1. The summed E-state index contributed by atoms with van der Waals surface area (Å²) in [6, 6.07) is 19.0. The number of hydrogen-bond acceptors (Lipinski definition) is 4. The van der Waals surface area contributed by atoms with Crippen molar-refractivity contribution in [2.75, 3.05) is 10.8 Å². The quantitative estimate of drug-likeness (QED) is 0.298. The monoisotopic (exact) mass is 603 g/mol. The molecule has 7 nitrogen and oxygen atoms in total. The molecule has 3 aromatic carbocycles. The predicted molar refractivity (Wildman–Crippen MR) is 161 cm³/mol. The van der Waals surface area contributed by atoms with E-state index >= 15 is 0 Å². The number of nitrogens with zero attached hydrogens (tertiary/aromatic N) is 2. The zero-order valence-electron chi connectivity index (χ0n) is 23.3. The highest BCUT2D eigenvalue weighted by molar-refractivity contribution is 7.92. The lowest BCUT2D eigenvalue weighted by molar-refractivity contribution is -0.141. The van der Waals surface area contributed by atoms with Gasteiger partial charge in [-0.2, -0.15) is 0 Å². The topological polar surface area (TPSA) is 86.8 Å². The standard InChI is InChI=1S/C30H35Cl2N3O4S/c1-6-26(29(37)33-30(3,4)5)34(19-22-14-12-21(2)13-15-22)28(36)20-35(27-18-23(31)16-17-25(27)32)40(38,39)24-10-8-7-9-11-24/h7-18,26H,6,19-20H2,1-5H3,(H,33,37)/t26-/m0/s1. The Morgan fingerprint density at radius 2 is 1.57 bits per heavy atom. The number of benzene rings is 3. The highest BCUT2D eigenvalue weighted by atomic mass is 35.5. The molecule has 0 saturated heterocycles. The molecule has 3 aromatic rings. The first-order valence-corrected chi connectivity index (χ1v) is 15.1. The smallest absolute Gasteiger partial charge is 0.264 e.